The third-order valence-corrected chi connectivity index (χ3v) is 3.27. The second-order valence-electron chi connectivity index (χ2n) is 4.32. The molecule has 1 unspecified atom stereocenters. The summed E-state index contributed by atoms with van der Waals surface area (Å²) >= 11 is 0. The molecule has 2 rings (SSSR count). The van der Waals surface area contributed by atoms with Crippen molar-refractivity contribution in [2.24, 2.45) is 0 Å². The van der Waals surface area contributed by atoms with Crippen LogP contribution in [0.2, 0.25) is 0 Å². The fraction of sp³-hybridized carbons (Fsp3) is 0.538. The lowest BCUT2D eigenvalue weighted by Crippen LogP contribution is -2.36. The van der Waals surface area contributed by atoms with Crippen LogP contribution in [-0.2, 0) is 0 Å². The van der Waals surface area contributed by atoms with Crippen LogP contribution in [0.4, 0.5) is 4.39 Å². The summed E-state index contributed by atoms with van der Waals surface area (Å²) in [4.78, 5) is 2.18. The molecule has 1 aromatic carbocycles. The first-order valence-corrected chi connectivity index (χ1v) is 5.92. The van der Waals surface area contributed by atoms with Crippen LogP contribution < -0.4 is 0 Å². The third-order valence-electron chi connectivity index (χ3n) is 3.27. The standard InChI is InChI=1S/C13H18FNO/c14-12-7-3-2-6-11(12)13(10-16)15-8-4-1-5-9-15/h2-3,6-7,13,16H,1,4-5,8-10H2. The molecule has 88 valence electrons. The molecule has 1 saturated heterocycles. The Balaban J connectivity index is 2.18. The van der Waals surface area contributed by atoms with E-state index in [2.05, 4.69) is 4.90 Å². The molecular formula is C13H18FNO. The van der Waals surface area contributed by atoms with Crippen molar-refractivity contribution in [2.45, 2.75) is 25.3 Å². The van der Waals surface area contributed by atoms with Crippen molar-refractivity contribution >= 4 is 0 Å². The van der Waals surface area contributed by atoms with Gasteiger partial charge in [0.15, 0.2) is 0 Å². The summed E-state index contributed by atoms with van der Waals surface area (Å²) in [5, 5.41) is 9.45. The van der Waals surface area contributed by atoms with Crippen LogP contribution in [0.3, 0.4) is 0 Å². The van der Waals surface area contributed by atoms with Gasteiger partial charge in [0.1, 0.15) is 5.82 Å². The maximum atomic E-state index is 13.6. The van der Waals surface area contributed by atoms with E-state index in [9.17, 15) is 9.50 Å². The summed E-state index contributed by atoms with van der Waals surface area (Å²) in [6.07, 6.45) is 3.53. The van der Waals surface area contributed by atoms with Gasteiger partial charge in [0.2, 0.25) is 0 Å². The van der Waals surface area contributed by atoms with E-state index in [0.29, 0.717) is 5.56 Å². The molecule has 0 bridgehead atoms. The van der Waals surface area contributed by atoms with Gasteiger partial charge in [-0.2, -0.15) is 0 Å². The minimum Gasteiger partial charge on any atom is -0.394 e. The first-order valence-electron chi connectivity index (χ1n) is 5.92. The van der Waals surface area contributed by atoms with Crippen molar-refractivity contribution in [3.63, 3.8) is 0 Å². The Bertz CT molecular complexity index is 336. The average molecular weight is 223 g/mol. The average Bonchev–Trinajstić information content (AvgIpc) is 2.34. The molecule has 1 fully saturated rings. The summed E-state index contributed by atoms with van der Waals surface area (Å²) in [7, 11) is 0. The van der Waals surface area contributed by atoms with Crippen LogP contribution in [-0.4, -0.2) is 29.7 Å². The molecule has 0 radical (unpaired) electrons. The first-order chi connectivity index (χ1) is 7.83. The molecule has 1 aliphatic heterocycles. The fourth-order valence-corrected chi connectivity index (χ4v) is 2.39. The van der Waals surface area contributed by atoms with Gasteiger partial charge in [0, 0.05) is 5.56 Å². The maximum absolute atomic E-state index is 13.6. The SMILES string of the molecule is OCC(c1ccccc1F)N1CCCCC1. The van der Waals surface area contributed by atoms with E-state index < -0.39 is 0 Å². The molecule has 1 heterocycles. The monoisotopic (exact) mass is 223 g/mol. The first kappa shape index (κ1) is 11.6. The Kier molecular flexibility index (Phi) is 3.91. The highest BCUT2D eigenvalue weighted by atomic mass is 19.1. The van der Waals surface area contributed by atoms with Crippen LogP contribution in [0.1, 0.15) is 30.9 Å². The molecule has 0 spiro atoms. The zero-order valence-corrected chi connectivity index (χ0v) is 9.40. The Hall–Kier alpha value is -0.930. The number of hydrogen-bond donors (Lipinski definition) is 1. The van der Waals surface area contributed by atoms with E-state index >= 15 is 0 Å². The van der Waals surface area contributed by atoms with Gasteiger partial charge in [-0.1, -0.05) is 24.6 Å². The Morgan fingerprint density at radius 3 is 2.50 bits per heavy atom. The predicted octanol–water partition coefficient (Wildman–Crippen LogP) is 2.35. The van der Waals surface area contributed by atoms with Crippen LogP contribution in [0.5, 0.6) is 0 Å². The zero-order chi connectivity index (χ0) is 11.4. The molecule has 0 aliphatic carbocycles. The summed E-state index contributed by atoms with van der Waals surface area (Å²) in [6.45, 7) is 1.90. The number of rotatable bonds is 3. The van der Waals surface area contributed by atoms with Crippen molar-refractivity contribution in [3.8, 4) is 0 Å². The van der Waals surface area contributed by atoms with Crippen LogP contribution in [0, 0.1) is 5.82 Å². The van der Waals surface area contributed by atoms with Gasteiger partial charge < -0.3 is 5.11 Å². The van der Waals surface area contributed by atoms with Gasteiger partial charge in [-0.05, 0) is 32.0 Å². The summed E-state index contributed by atoms with van der Waals surface area (Å²) in [6, 6.07) is 6.56. The highest BCUT2D eigenvalue weighted by Crippen LogP contribution is 2.25. The van der Waals surface area contributed by atoms with E-state index in [0.717, 1.165) is 25.9 Å². The number of likely N-dealkylation sites (tertiary alicyclic amines) is 1. The summed E-state index contributed by atoms with van der Waals surface area (Å²) < 4.78 is 13.6. The van der Waals surface area contributed by atoms with Crippen LogP contribution in [0.25, 0.3) is 0 Å². The number of aliphatic hydroxyl groups is 1. The van der Waals surface area contributed by atoms with E-state index in [-0.39, 0.29) is 18.5 Å². The van der Waals surface area contributed by atoms with E-state index in [1.807, 2.05) is 6.07 Å². The quantitative estimate of drug-likeness (QED) is 0.850. The van der Waals surface area contributed by atoms with Gasteiger partial charge in [-0.3, -0.25) is 4.90 Å². The second kappa shape index (κ2) is 5.41. The number of hydrogen-bond acceptors (Lipinski definition) is 2. The molecule has 1 aromatic rings. The number of aliphatic hydroxyl groups excluding tert-OH is 1. The maximum Gasteiger partial charge on any atom is 0.128 e. The number of nitrogens with zero attached hydrogens (tertiary/aromatic N) is 1. The smallest absolute Gasteiger partial charge is 0.128 e. The molecule has 2 nitrogen and oxygen atoms in total. The van der Waals surface area contributed by atoms with Gasteiger partial charge in [0.05, 0.1) is 12.6 Å². The summed E-state index contributed by atoms with van der Waals surface area (Å²) in [5.41, 5.74) is 0.618. The molecule has 1 atom stereocenters. The number of halogens is 1. The minimum absolute atomic E-state index is 0.0130. The van der Waals surface area contributed by atoms with E-state index in [4.69, 9.17) is 0 Å². The van der Waals surface area contributed by atoms with Crippen molar-refractivity contribution < 1.29 is 9.50 Å². The largest absolute Gasteiger partial charge is 0.394 e. The number of piperidine rings is 1. The normalized spacial score (nSPS) is 19.6. The molecule has 1 aliphatic rings. The van der Waals surface area contributed by atoms with Crippen LogP contribution in [0.15, 0.2) is 24.3 Å². The molecule has 1 N–H and O–H groups in total. The van der Waals surface area contributed by atoms with Gasteiger partial charge in [0.25, 0.3) is 0 Å². The molecular weight excluding hydrogens is 205 g/mol. The highest BCUT2D eigenvalue weighted by molar-refractivity contribution is 5.21. The minimum atomic E-state index is -0.216. The van der Waals surface area contributed by atoms with E-state index in [1.165, 1.54) is 12.5 Å². The molecule has 16 heavy (non-hydrogen) atoms. The Labute approximate surface area is 95.7 Å². The molecule has 3 heteroatoms. The lowest BCUT2D eigenvalue weighted by Gasteiger charge is -2.33. The van der Waals surface area contributed by atoms with E-state index in [1.54, 1.807) is 12.1 Å². The van der Waals surface area contributed by atoms with Gasteiger partial charge in [-0.15, -0.1) is 0 Å². The van der Waals surface area contributed by atoms with Gasteiger partial charge >= 0.3 is 0 Å². The lowest BCUT2D eigenvalue weighted by molar-refractivity contribution is 0.102. The van der Waals surface area contributed by atoms with Crippen molar-refractivity contribution in [1.82, 2.24) is 4.90 Å². The lowest BCUT2D eigenvalue weighted by atomic mass is 10.0. The molecule has 0 aromatic heterocycles. The van der Waals surface area contributed by atoms with Crippen molar-refractivity contribution in [1.29, 1.82) is 0 Å². The Morgan fingerprint density at radius 1 is 1.19 bits per heavy atom. The van der Waals surface area contributed by atoms with Crippen molar-refractivity contribution in [2.75, 3.05) is 19.7 Å². The second-order valence-corrected chi connectivity index (χ2v) is 4.32. The number of benzene rings is 1. The van der Waals surface area contributed by atoms with Gasteiger partial charge in [-0.25, -0.2) is 4.39 Å². The predicted molar refractivity (Wildman–Crippen MR) is 61.7 cm³/mol. The fourth-order valence-electron chi connectivity index (χ4n) is 2.39. The molecule has 0 saturated carbocycles. The van der Waals surface area contributed by atoms with Crippen molar-refractivity contribution in [3.05, 3.63) is 35.6 Å². The zero-order valence-electron chi connectivity index (χ0n) is 9.40. The Morgan fingerprint density at radius 2 is 1.88 bits per heavy atom. The molecule has 0 amide bonds. The topological polar surface area (TPSA) is 23.5 Å². The van der Waals surface area contributed by atoms with Crippen LogP contribution >= 0.6 is 0 Å². The summed E-state index contributed by atoms with van der Waals surface area (Å²) in [5.74, 6) is -0.216. The third kappa shape index (κ3) is 2.42. The highest BCUT2D eigenvalue weighted by Gasteiger charge is 2.23.